The molecule has 2 atom stereocenters. The average Bonchev–Trinajstić information content (AvgIpc) is 2.90. The quantitative estimate of drug-likeness (QED) is 0.629. The number of amides is 2. The summed E-state index contributed by atoms with van der Waals surface area (Å²) in [4.78, 5) is 33.1. The molecule has 0 aromatic heterocycles. The van der Waals surface area contributed by atoms with Crippen LogP contribution in [-0.4, -0.2) is 60.9 Å². The van der Waals surface area contributed by atoms with Crippen molar-refractivity contribution in [3.8, 4) is 5.75 Å². The number of aryl methyl sites for hydroxylation is 1. The lowest BCUT2D eigenvalue weighted by Crippen LogP contribution is -2.50. The van der Waals surface area contributed by atoms with E-state index >= 15 is 0 Å². The van der Waals surface area contributed by atoms with Crippen LogP contribution in [0.3, 0.4) is 0 Å². The summed E-state index contributed by atoms with van der Waals surface area (Å²) >= 11 is 0. The zero-order chi connectivity index (χ0) is 24.8. The first-order valence-electron chi connectivity index (χ1n) is 13.0. The molecule has 0 radical (unpaired) electrons. The van der Waals surface area contributed by atoms with Gasteiger partial charge in [-0.25, -0.2) is 0 Å². The highest BCUT2D eigenvalue weighted by Gasteiger charge is 2.32. The smallest absolute Gasteiger partial charge is 0.226 e. The SMILES string of the molecule is CCC(=O)N1CCC2CCCC(CN(C(=O)CCc3ccccc3OC)Cc3ccccc31)N2C. The van der Waals surface area contributed by atoms with Crippen LogP contribution in [0.4, 0.5) is 5.69 Å². The Bertz CT molecular complexity index is 1020. The Labute approximate surface area is 209 Å². The summed E-state index contributed by atoms with van der Waals surface area (Å²) in [6.07, 6.45) is 5.91. The van der Waals surface area contributed by atoms with Crippen molar-refractivity contribution in [1.82, 2.24) is 9.80 Å². The summed E-state index contributed by atoms with van der Waals surface area (Å²) in [5, 5.41) is 0. The molecule has 1 saturated heterocycles. The number of ether oxygens (including phenoxy) is 1. The van der Waals surface area contributed by atoms with Crippen molar-refractivity contribution in [2.24, 2.45) is 0 Å². The van der Waals surface area contributed by atoms with E-state index in [9.17, 15) is 9.59 Å². The molecule has 6 heteroatoms. The molecular weight excluding hydrogens is 438 g/mol. The zero-order valence-electron chi connectivity index (χ0n) is 21.4. The van der Waals surface area contributed by atoms with E-state index in [-0.39, 0.29) is 11.8 Å². The third-order valence-electron chi connectivity index (χ3n) is 7.74. The first-order valence-corrected chi connectivity index (χ1v) is 13.0. The van der Waals surface area contributed by atoms with Gasteiger partial charge < -0.3 is 14.5 Å². The van der Waals surface area contributed by atoms with Gasteiger partial charge in [0, 0.05) is 50.2 Å². The molecule has 2 aromatic carbocycles. The molecule has 2 aromatic rings. The van der Waals surface area contributed by atoms with Gasteiger partial charge >= 0.3 is 0 Å². The van der Waals surface area contributed by atoms with Gasteiger partial charge in [-0.05, 0) is 56.0 Å². The van der Waals surface area contributed by atoms with Crippen LogP contribution in [0, 0.1) is 0 Å². The van der Waals surface area contributed by atoms with Gasteiger partial charge in [-0.1, -0.05) is 49.7 Å². The van der Waals surface area contributed by atoms with Crippen LogP contribution in [0.25, 0.3) is 0 Å². The number of rotatable bonds is 5. The second-order valence-corrected chi connectivity index (χ2v) is 9.81. The monoisotopic (exact) mass is 477 g/mol. The molecule has 6 nitrogen and oxygen atoms in total. The molecule has 2 aliphatic heterocycles. The Kier molecular flexibility index (Phi) is 8.45. The highest BCUT2D eigenvalue weighted by atomic mass is 16.5. The van der Waals surface area contributed by atoms with E-state index in [4.69, 9.17) is 4.74 Å². The number of benzene rings is 2. The van der Waals surface area contributed by atoms with Crippen molar-refractivity contribution in [3.63, 3.8) is 0 Å². The summed E-state index contributed by atoms with van der Waals surface area (Å²) in [6, 6.07) is 16.8. The maximum Gasteiger partial charge on any atom is 0.226 e. The second-order valence-electron chi connectivity index (χ2n) is 9.81. The molecule has 2 amide bonds. The first-order chi connectivity index (χ1) is 17.0. The number of nitrogens with zero attached hydrogens (tertiary/aromatic N) is 3. The molecule has 0 saturated carbocycles. The molecule has 2 unspecified atom stereocenters. The molecule has 4 rings (SSSR count). The molecule has 2 bridgehead atoms. The van der Waals surface area contributed by atoms with E-state index in [1.807, 2.05) is 59.2 Å². The predicted octanol–water partition coefficient (Wildman–Crippen LogP) is 4.66. The Morgan fingerprint density at radius 3 is 2.51 bits per heavy atom. The van der Waals surface area contributed by atoms with Crippen molar-refractivity contribution >= 4 is 17.5 Å². The zero-order valence-corrected chi connectivity index (χ0v) is 21.4. The van der Waals surface area contributed by atoms with Gasteiger partial charge in [0.2, 0.25) is 11.8 Å². The standard InChI is InChI=1S/C29H39N3O3/c1-4-28(33)32-19-18-24-12-9-13-25(30(24)2)21-31(20-23-11-5-7-14-26(23)32)29(34)17-16-22-10-6-8-15-27(22)35-3/h5-8,10-11,14-15,24-25H,4,9,12-13,16-21H2,1-3H3. The molecule has 1 fully saturated rings. The number of carbonyl (C=O) groups is 2. The van der Waals surface area contributed by atoms with Gasteiger partial charge in [0.15, 0.2) is 0 Å². The summed E-state index contributed by atoms with van der Waals surface area (Å²) in [5.41, 5.74) is 3.04. The summed E-state index contributed by atoms with van der Waals surface area (Å²) < 4.78 is 5.49. The van der Waals surface area contributed by atoms with E-state index in [1.54, 1.807) is 7.11 Å². The number of likely N-dealkylation sites (N-methyl/N-ethyl adjacent to an activating group) is 1. The molecule has 0 N–H and O–H groups in total. The number of hydrogen-bond acceptors (Lipinski definition) is 4. The van der Waals surface area contributed by atoms with Gasteiger partial charge in [0.25, 0.3) is 0 Å². The molecular formula is C29H39N3O3. The molecule has 0 spiro atoms. The van der Waals surface area contributed by atoms with Gasteiger partial charge in [0.1, 0.15) is 5.75 Å². The van der Waals surface area contributed by atoms with Gasteiger partial charge in [-0.2, -0.15) is 0 Å². The molecule has 35 heavy (non-hydrogen) atoms. The lowest BCUT2D eigenvalue weighted by Gasteiger charge is -2.42. The van der Waals surface area contributed by atoms with E-state index in [1.165, 1.54) is 0 Å². The Morgan fingerprint density at radius 1 is 0.971 bits per heavy atom. The van der Waals surface area contributed by atoms with Gasteiger partial charge in [-0.3, -0.25) is 14.5 Å². The fraction of sp³-hybridized carbons (Fsp3) is 0.517. The Hall–Kier alpha value is -2.86. The van der Waals surface area contributed by atoms with Crippen molar-refractivity contribution in [2.45, 2.75) is 70.5 Å². The van der Waals surface area contributed by atoms with E-state index < -0.39 is 0 Å². The number of fused-ring (bicyclic) bond motifs is 3. The maximum absolute atomic E-state index is 13.7. The number of para-hydroxylation sites is 2. The minimum atomic E-state index is 0.140. The van der Waals surface area contributed by atoms with Crippen LogP contribution < -0.4 is 9.64 Å². The van der Waals surface area contributed by atoms with Crippen LogP contribution in [0.2, 0.25) is 0 Å². The summed E-state index contributed by atoms with van der Waals surface area (Å²) in [6.45, 7) is 3.87. The van der Waals surface area contributed by atoms with E-state index in [0.29, 0.717) is 51.0 Å². The van der Waals surface area contributed by atoms with Gasteiger partial charge in [-0.15, -0.1) is 0 Å². The van der Waals surface area contributed by atoms with Crippen LogP contribution >= 0.6 is 0 Å². The Balaban J connectivity index is 1.63. The fourth-order valence-electron chi connectivity index (χ4n) is 5.64. The lowest BCUT2D eigenvalue weighted by molar-refractivity contribution is -0.133. The number of methoxy groups -OCH3 is 1. The summed E-state index contributed by atoms with van der Waals surface area (Å²) in [7, 11) is 3.87. The highest BCUT2D eigenvalue weighted by Crippen LogP contribution is 2.30. The first kappa shape index (κ1) is 25.2. The molecule has 0 aliphatic carbocycles. The molecule has 2 aliphatic rings. The predicted molar refractivity (Wildman–Crippen MR) is 140 cm³/mol. The van der Waals surface area contributed by atoms with Crippen LogP contribution in [0.1, 0.15) is 56.6 Å². The molecule has 2 heterocycles. The van der Waals surface area contributed by atoms with Crippen molar-refractivity contribution < 1.29 is 14.3 Å². The van der Waals surface area contributed by atoms with Crippen LogP contribution in [0.5, 0.6) is 5.75 Å². The van der Waals surface area contributed by atoms with Crippen LogP contribution in [-0.2, 0) is 22.6 Å². The summed E-state index contributed by atoms with van der Waals surface area (Å²) in [5.74, 6) is 1.11. The largest absolute Gasteiger partial charge is 0.496 e. The number of hydrogen-bond donors (Lipinski definition) is 0. The maximum atomic E-state index is 13.7. The minimum absolute atomic E-state index is 0.140. The topological polar surface area (TPSA) is 53.1 Å². The van der Waals surface area contributed by atoms with E-state index in [2.05, 4.69) is 18.0 Å². The highest BCUT2D eigenvalue weighted by molar-refractivity contribution is 5.94. The average molecular weight is 478 g/mol. The lowest BCUT2D eigenvalue weighted by atomic mass is 9.93. The number of anilines is 1. The van der Waals surface area contributed by atoms with Crippen molar-refractivity contribution in [1.29, 1.82) is 0 Å². The second kappa shape index (κ2) is 11.7. The number of piperidine rings is 1. The fourth-order valence-corrected chi connectivity index (χ4v) is 5.64. The normalized spacial score (nSPS) is 21.1. The van der Waals surface area contributed by atoms with Crippen LogP contribution in [0.15, 0.2) is 48.5 Å². The minimum Gasteiger partial charge on any atom is -0.496 e. The van der Waals surface area contributed by atoms with Crippen molar-refractivity contribution in [3.05, 3.63) is 59.7 Å². The molecule has 188 valence electrons. The number of carbonyl (C=O) groups excluding carboxylic acids is 2. The van der Waals surface area contributed by atoms with Gasteiger partial charge in [0.05, 0.1) is 7.11 Å². The van der Waals surface area contributed by atoms with Crippen molar-refractivity contribution in [2.75, 3.05) is 32.1 Å². The Morgan fingerprint density at radius 2 is 1.71 bits per heavy atom. The third-order valence-corrected chi connectivity index (χ3v) is 7.74. The van der Waals surface area contributed by atoms with E-state index in [0.717, 1.165) is 48.2 Å². The third kappa shape index (κ3) is 5.87.